The minimum absolute atomic E-state index is 0.247. The fourth-order valence-electron chi connectivity index (χ4n) is 2.48. The van der Waals surface area contributed by atoms with Crippen LogP contribution in [0.5, 0.6) is 11.5 Å². The number of rotatable bonds is 9. The summed E-state index contributed by atoms with van der Waals surface area (Å²) < 4.78 is 10.8. The number of nitrogens with one attached hydrogen (secondary N) is 1. The molecule has 3 nitrogen and oxygen atoms in total. The van der Waals surface area contributed by atoms with Crippen molar-refractivity contribution in [2.75, 3.05) is 14.2 Å². The van der Waals surface area contributed by atoms with E-state index in [1.807, 2.05) is 12.1 Å². The number of benzene rings is 1. The van der Waals surface area contributed by atoms with Crippen LogP contribution in [0.4, 0.5) is 0 Å². The summed E-state index contributed by atoms with van der Waals surface area (Å²) in [4.78, 5) is 0. The zero-order valence-corrected chi connectivity index (χ0v) is 13.5. The van der Waals surface area contributed by atoms with Crippen molar-refractivity contribution in [1.82, 2.24) is 5.32 Å². The van der Waals surface area contributed by atoms with Crippen LogP contribution in [-0.2, 0) is 0 Å². The predicted octanol–water partition coefficient (Wildman–Crippen LogP) is 4.32. The van der Waals surface area contributed by atoms with Gasteiger partial charge in [0.25, 0.3) is 0 Å². The molecule has 0 aromatic heterocycles. The summed E-state index contributed by atoms with van der Waals surface area (Å²) in [7, 11) is 3.40. The van der Waals surface area contributed by atoms with Crippen LogP contribution in [0.1, 0.15) is 58.1 Å². The molecule has 0 amide bonds. The van der Waals surface area contributed by atoms with Crippen LogP contribution in [0.25, 0.3) is 0 Å². The van der Waals surface area contributed by atoms with Gasteiger partial charge in [-0.05, 0) is 38.5 Å². The second kappa shape index (κ2) is 8.85. The molecular weight excluding hydrogens is 250 g/mol. The summed E-state index contributed by atoms with van der Waals surface area (Å²) in [5.74, 6) is 1.78. The molecule has 2 atom stereocenters. The molecule has 0 spiro atoms. The number of ether oxygens (including phenoxy) is 2. The van der Waals surface area contributed by atoms with Crippen LogP contribution in [-0.4, -0.2) is 20.3 Å². The molecule has 2 unspecified atom stereocenters. The Morgan fingerprint density at radius 1 is 1.10 bits per heavy atom. The maximum Gasteiger partial charge on any atom is 0.123 e. The van der Waals surface area contributed by atoms with Crippen LogP contribution in [0.3, 0.4) is 0 Å². The van der Waals surface area contributed by atoms with Crippen molar-refractivity contribution in [2.24, 2.45) is 0 Å². The van der Waals surface area contributed by atoms with Crippen molar-refractivity contribution in [3.05, 3.63) is 23.8 Å². The third-order valence-electron chi connectivity index (χ3n) is 3.68. The molecule has 1 aromatic carbocycles. The second-order valence-corrected chi connectivity index (χ2v) is 5.39. The Bertz CT molecular complexity index is 393. The molecule has 3 heteroatoms. The number of hydrogen-bond acceptors (Lipinski definition) is 3. The Labute approximate surface area is 123 Å². The van der Waals surface area contributed by atoms with E-state index in [1.54, 1.807) is 14.2 Å². The first-order chi connectivity index (χ1) is 9.62. The Kier molecular flexibility index (Phi) is 7.45. The zero-order chi connectivity index (χ0) is 15.0. The molecule has 0 aliphatic carbocycles. The SMILES string of the molecule is CCCCCC(C)NC(C)c1cc(OC)ccc1OC. The van der Waals surface area contributed by atoms with Gasteiger partial charge in [0, 0.05) is 17.6 Å². The summed E-state index contributed by atoms with van der Waals surface area (Å²) in [6.45, 7) is 6.66. The van der Waals surface area contributed by atoms with E-state index in [2.05, 4.69) is 32.2 Å². The Hall–Kier alpha value is -1.22. The second-order valence-electron chi connectivity index (χ2n) is 5.39. The van der Waals surface area contributed by atoms with Gasteiger partial charge in [0.2, 0.25) is 0 Å². The van der Waals surface area contributed by atoms with Gasteiger partial charge >= 0.3 is 0 Å². The molecule has 1 N–H and O–H groups in total. The lowest BCUT2D eigenvalue weighted by Crippen LogP contribution is -2.29. The van der Waals surface area contributed by atoms with Crippen molar-refractivity contribution in [3.63, 3.8) is 0 Å². The Morgan fingerprint density at radius 3 is 2.45 bits per heavy atom. The smallest absolute Gasteiger partial charge is 0.123 e. The van der Waals surface area contributed by atoms with Crippen molar-refractivity contribution in [3.8, 4) is 11.5 Å². The van der Waals surface area contributed by atoms with Gasteiger partial charge in [0.1, 0.15) is 11.5 Å². The molecule has 114 valence electrons. The monoisotopic (exact) mass is 279 g/mol. The summed E-state index contributed by atoms with van der Waals surface area (Å²) in [5, 5.41) is 3.65. The zero-order valence-electron chi connectivity index (χ0n) is 13.5. The Balaban J connectivity index is 2.67. The lowest BCUT2D eigenvalue weighted by Gasteiger charge is -2.22. The molecular formula is C17H29NO2. The topological polar surface area (TPSA) is 30.5 Å². The molecule has 1 aromatic rings. The van der Waals surface area contributed by atoms with Crippen molar-refractivity contribution in [2.45, 2.75) is 58.5 Å². The van der Waals surface area contributed by atoms with Crippen LogP contribution in [0.2, 0.25) is 0 Å². The summed E-state index contributed by atoms with van der Waals surface area (Å²) in [6.07, 6.45) is 5.08. The van der Waals surface area contributed by atoms with Gasteiger partial charge in [0.05, 0.1) is 14.2 Å². The van der Waals surface area contributed by atoms with E-state index in [9.17, 15) is 0 Å². The third-order valence-corrected chi connectivity index (χ3v) is 3.68. The lowest BCUT2D eigenvalue weighted by atomic mass is 10.0. The van der Waals surface area contributed by atoms with E-state index < -0.39 is 0 Å². The normalized spacial score (nSPS) is 13.8. The first kappa shape index (κ1) is 16.8. The number of hydrogen-bond donors (Lipinski definition) is 1. The molecule has 1 rings (SSSR count). The van der Waals surface area contributed by atoms with Gasteiger partial charge in [-0.25, -0.2) is 0 Å². The molecule has 20 heavy (non-hydrogen) atoms. The molecule has 0 fully saturated rings. The fourth-order valence-corrected chi connectivity index (χ4v) is 2.48. The van der Waals surface area contributed by atoms with E-state index in [-0.39, 0.29) is 6.04 Å². The fraction of sp³-hybridized carbons (Fsp3) is 0.647. The quantitative estimate of drug-likeness (QED) is 0.683. The molecule has 0 radical (unpaired) electrons. The lowest BCUT2D eigenvalue weighted by molar-refractivity contribution is 0.382. The molecule has 0 saturated heterocycles. The average Bonchev–Trinajstić information content (AvgIpc) is 2.46. The minimum atomic E-state index is 0.247. The largest absolute Gasteiger partial charge is 0.497 e. The third kappa shape index (κ3) is 5.04. The highest BCUT2D eigenvalue weighted by Gasteiger charge is 2.14. The van der Waals surface area contributed by atoms with Crippen LogP contribution < -0.4 is 14.8 Å². The van der Waals surface area contributed by atoms with Gasteiger partial charge < -0.3 is 14.8 Å². The molecule has 0 saturated carbocycles. The first-order valence-corrected chi connectivity index (χ1v) is 7.60. The molecule has 0 aliphatic rings. The standard InChI is InChI=1S/C17H29NO2/c1-6-7-8-9-13(2)18-14(3)16-12-15(19-4)10-11-17(16)20-5/h10-14,18H,6-9H2,1-5H3. The van der Waals surface area contributed by atoms with E-state index in [1.165, 1.54) is 25.7 Å². The van der Waals surface area contributed by atoms with Crippen molar-refractivity contribution >= 4 is 0 Å². The summed E-state index contributed by atoms with van der Waals surface area (Å²) >= 11 is 0. The van der Waals surface area contributed by atoms with Crippen molar-refractivity contribution in [1.29, 1.82) is 0 Å². The first-order valence-electron chi connectivity index (χ1n) is 7.60. The van der Waals surface area contributed by atoms with Gasteiger partial charge in [-0.3, -0.25) is 0 Å². The molecule has 0 aliphatic heterocycles. The van der Waals surface area contributed by atoms with Gasteiger partial charge in [-0.1, -0.05) is 26.2 Å². The van der Waals surface area contributed by atoms with Crippen molar-refractivity contribution < 1.29 is 9.47 Å². The highest BCUT2D eigenvalue weighted by atomic mass is 16.5. The maximum atomic E-state index is 5.45. The predicted molar refractivity (Wildman–Crippen MR) is 84.7 cm³/mol. The van der Waals surface area contributed by atoms with E-state index >= 15 is 0 Å². The highest BCUT2D eigenvalue weighted by Crippen LogP contribution is 2.29. The molecule has 0 heterocycles. The minimum Gasteiger partial charge on any atom is -0.497 e. The summed E-state index contributed by atoms with van der Waals surface area (Å²) in [6, 6.07) is 6.70. The van der Waals surface area contributed by atoms with E-state index in [0.29, 0.717) is 6.04 Å². The number of methoxy groups -OCH3 is 2. The van der Waals surface area contributed by atoms with Gasteiger partial charge in [0.15, 0.2) is 0 Å². The maximum absolute atomic E-state index is 5.45. The number of unbranched alkanes of at least 4 members (excludes halogenated alkanes) is 2. The van der Waals surface area contributed by atoms with Gasteiger partial charge in [-0.15, -0.1) is 0 Å². The highest BCUT2D eigenvalue weighted by molar-refractivity contribution is 5.42. The van der Waals surface area contributed by atoms with Crippen LogP contribution in [0, 0.1) is 0 Å². The van der Waals surface area contributed by atoms with Crippen LogP contribution in [0.15, 0.2) is 18.2 Å². The Morgan fingerprint density at radius 2 is 1.85 bits per heavy atom. The van der Waals surface area contributed by atoms with E-state index in [0.717, 1.165) is 17.1 Å². The summed E-state index contributed by atoms with van der Waals surface area (Å²) in [5.41, 5.74) is 1.15. The van der Waals surface area contributed by atoms with Gasteiger partial charge in [-0.2, -0.15) is 0 Å². The molecule has 0 bridgehead atoms. The average molecular weight is 279 g/mol. The van der Waals surface area contributed by atoms with E-state index in [4.69, 9.17) is 9.47 Å². The van der Waals surface area contributed by atoms with Crippen LogP contribution >= 0.6 is 0 Å².